The highest BCUT2D eigenvalue weighted by molar-refractivity contribution is 5.40. The first kappa shape index (κ1) is 13.9. The lowest BCUT2D eigenvalue weighted by Crippen LogP contribution is -2.38. The van der Waals surface area contributed by atoms with Crippen molar-refractivity contribution < 1.29 is 0 Å². The van der Waals surface area contributed by atoms with Crippen LogP contribution >= 0.6 is 0 Å². The van der Waals surface area contributed by atoms with Gasteiger partial charge in [0.2, 0.25) is 0 Å². The van der Waals surface area contributed by atoms with Gasteiger partial charge >= 0.3 is 0 Å². The Morgan fingerprint density at radius 2 is 2.30 bits per heavy atom. The number of piperidine rings is 1. The van der Waals surface area contributed by atoms with Gasteiger partial charge in [-0.05, 0) is 44.7 Å². The lowest BCUT2D eigenvalue weighted by molar-refractivity contribution is 0.234. The van der Waals surface area contributed by atoms with Crippen LogP contribution in [0.5, 0.6) is 0 Å². The maximum atomic E-state index is 4.95. The molecule has 3 atom stereocenters. The molecule has 2 N–H and O–H groups in total. The number of nitrogens with one attached hydrogen (secondary N) is 2. The average molecular weight is 276 g/mol. The zero-order valence-corrected chi connectivity index (χ0v) is 12.9. The number of fused-ring (bicyclic) bond motifs is 1. The van der Waals surface area contributed by atoms with E-state index in [9.17, 15) is 0 Å². The van der Waals surface area contributed by atoms with Crippen LogP contribution in [0.25, 0.3) is 0 Å². The average Bonchev–Trinajstić information content (AvgIpc) is 2.92. The van der Waals surface area contributed by atoms with Crippen LogP contribution in [-0.2, 0) is 0 Å². The summed E-state index contributed by atoms with van der Waals surface area (Å²) in [6.07, 6.45) is 6.32. The smallest absolute Gasteiger partial charge is 0.124 e. The van der Waals surface area contributed by atoms with E-state index in [1.54, 1.807) is 0 Å². The van der Waals surface area contributed by atoms with Crippen molar-refractivity contribution in [1.82, 2.24) is 15.1 Å². The van der Waals surface area contributed by atoms with Crippen molar-refractivity contribution in [2.45, 2.75) is 57.9 Å². The van der Waals surface area contributed by atoms with Gasteiger partial charge in [0, 0.05) is 18.5 Å². The molecular formula is C16H28N4. The third-order valence-corrected chi connectivity index (χ3v) is 4.92. The Morgan fingerprint density at radius 3 is 3.05 bits per heavy atom. The van der Waals surface area contributed by atoms with Crippen LogP contribution in [0.15, 0.2) is 6.07 Å². The molecule has 1 saturated heterocycles. The Morgan fingerprint density at radius 1 is 1.40 bits per heavy atom. The molecule has 3 rings (SSSR count). The normalized spacial score (nSPS) is 27.7. The van der Waals surface area contributed by atoms with Gasteiger partial charge in [0.15, 0.2) is 0 Å². The first-order chi connectivity index (χ1) is 9.79. The molecule has 1 fully saturated rings. The molecule has 3 unspecified atom stereocenters. The van der Waals surface area contributed by atoms with E-state index in [-0.39, 0.29) is 0 Å². The number of aromatic nitrogens is 2. The van der Waals surface area contributed by atoms with E-state index in [4.69, 9.17) is 5.10 Å². The second-order valence-electron chi connectivity index (χ2n) is 6.48. The van der Waals surface area contributed by atoms with Crippen molar-refractivity contribution >= 4 is 5.82 Å². The largest absolute Gasteiger partial charge is 0.370 e. The Hall–Kier alpha value is -1.03. The Kier molecular flexibility index (Phi) is 4.29. The predicted molar refractivity (Wildman–Crippen MR) is 83.3 cm³/mol. The molecule has 4 nitrogen and oxygen atoms in total. The van der Waals surface area contributed by atoms with E-state index < -0.39 is 0 Å². The summed E-state index contributed by atoms with van der Waals surface area (Å²) in [6, 6.07) is 2.87. The van der Waals surface area contributed by atoms with Crippen molar-refractivity contribution in [2.75, 3.05) is 25.0 Å². The van der Waals surface area contributed by atoms with Crippen LogP contribution < -0.4 is 10.6 Å². The maximum absolute atomic E-state index is 4.95. The molecule has 4 heteroatoms. The highest BCUT2D eigenvalue weighted by Crippen LogP contribution is 2.34. The number of rotatable bonds is 4. The number of hydrogen-bond donors (Lipinski definition) is 2. The van der Waals surface area contributed by atoms with E-state index in [0.29, 0.717) is 12.0 Å². The van der Waals surface area contributed by atoms with Crippen LogP contribution in [0.1, 0.15) is 63.6 Å². The molecule has 0 aliphatic carbocycles. The van der Waals surface area contributed by atoms with E-state index >= 15 is 0 Å². The monoisotopic (exact) mass is 276 g/mol. The van der Waals surface area contributed by atoms with E-state index in [2.05, 4.69) is 35.2 Å². The SMILES string of the molecule is CCCC(C)c1cc2n(n1)C(C1CCCNC1)CCN2. The van der Waals surface area contributed by atoms with Gasteiger partial charge in [0.05, 0.1) is 11.7 Å². The maximum Gasteiger partial charge on any atom is 0.124 e. The van der Waals surface area contributed by atoms with Crippen LogP contribution in [0.4, 0.5) is 5.82 Å². The Balaban J connectivity index is 1.80. The van der Waals surface area contributed by atoms with Crippen LogP contribution in [-0.4, -0.2) is 29.4 Å². The quantitative estimate of drug-likeness (QED) is 0.887. The molecule has 0 saturated carbocycles. The van der Waals surface area contributed by atoms with Crippen molar-refractivity contribution in [1.29, 1.82) is 0 Å². The summed E-state index contributed by atoms with van der Waals surface area (Å²) in [7, 11) is 0. The third-order valence-electron chi connectivity index (χ3n) is 4.92. The molecule has 20 heavy (non-hydrogen) atoms. The number of anilines is 1. The molecule has 0 bridgehead atoms. The number of hydrogen-bond acceptors (Lipinski definition) is 3. The first-order valence-corrected chi connectivity index (χ1v) is 8.33. The summed E-state index contributed by atoms with van der Waals surface area (Å²) in [4.78, 5) is 0. The summed E-state index contributed by atoms with van der Waals surface area (Å²) in [5.74, 6) is 2.56. The molecule has 0 amide bonds. The zero-order valence-electron chi connectivity index (χ0n) is 12.9. The summed E-state index contributed by atoms with van der Waals surface area (Å²) in [5.41, 5.74) is 1.27. The molecule has 0 aromatic carbocycles. The fraction of sp³-hybridized carbons (Fsp3) is 0.812. The molecule has 1 aromatic heterocycles. The van der Waals surface area contributed by atoms with Gasteiger partial charge in [-0.1, -0.05) is 20.3 Å². The summed E-state index contributed by atoms with van der Waals surface area (Å²) >= 11 is 0. The molecule has 3 heterocycles. The Bertz CT molecular complexity index is 434. The van der Waals surface area contributed by atoms with Crippen LogP contribution in [0.3, 0.4) is 0 Å². The third kappa shape index (κ3) is 2.71. The standard InChI is InChI=1S/C16H28N4/c1-3-5-12(2)14-10-16-18-9-7-15(20(16)19-14)13-6-4-8-17-11-13/h10,12-13,15,17-18H,3-9,11H2,1-2H3. The minimum Gasteiger partial charge on any atom is -0.370 e. The van der Waals surface area contributed by atoms with Gasteiger partial charge in [0.25, 0.3) is 0 Å². The summed E-state index contributed by atoms with van der Waals surface area (Å²) in [6.45, 7) is 7.99. The molecular weight excluding hydrogens is 248 g/mol. The molecule has 0 spiro atoms. The van der Waals surface area contributed by atoms with Crippen molar-refractivity contribution in [2.24, 2.45) is 5.92 Å². The fourth-order valence-corrected chi connectivity index (χ4v) is 3.73. The van der Waals surface area contributed by atoms with Gasteiger partial charge in [-0.15, -0.1) is 0 Å². The zero-order chi connectivity index (χ0) is 13.9. The van der Waals surface area contributed by atoms with Crippen LogP contribution in [0.2, 0.25) is 0 Å². The molecule has 0 radical (unpaired) electrons. The topological polar surface area (TPSA) is 41.9 Å². The van der Waals surface area contributed by atoms with E-state index in [0.717, 1.165) is 19.0 Å². The highest BCUT2D eigenvalue weighted by atomic mass is 15.4. The minimum absolute atomic E-state index is 0.574. The molecule has 1 aromatic rings. The van der Waals surface area contributed by atoms with Crippen molar-refractivity contribution in [3.8, 4) is 0 Å². The summed E-state index contributed by atoms with van der Waals surface area (Å²) < 4.78 is 2.29. The first-order valence-electron chi connectivity index (χ1n) is 8.33. The molecule has 112 valence electrons. The fourth-order valence-electron chi connectivity index (χ4n) is 3.73. The Labute approximate surface area is 122 Å². The van der Waals surface area contributed by atoms with E-state index in [1.807, 2.05) is 0 Å². The lowest BCUT2D eigenvalue weighted by Gasteiger charge is -2.34. The highest BCUT2D eigenvalue weighted by Gasteiger charge is 2.30. The van der Waals surface area contributed by atoms with Gasteiger partial charge < -0.3 is 10.6 Å². The number of nitrogens with zero attached hydrogens (tertiary/aromatic N) is 2. The van der Waals surface area contributed by atoms with Crippen molar-refractivity contribution in [3.63, 3.8) is 0 Å². The predicted octanol–water partition coefficient (Wildman–Crippen LogP) is 3.14. The van der Waals surface area contributed by atoms with Gasteiger partial charge in [-0.3, -0.25) is 0 Å². The van der Waals surface area contributed by atoms with Gasteiger partial charge in [-0.2, -0.15) is 5.10 Å². The minimum atomic E-state index is 0.574. The van der Waals surface area contributed by atoms with E-state index in [1.165, 1.54) is 50.2 Å². The second kappa shape index (κ2) is 6.17. The molecule has 2 aliphatic heterocycles. The second-order valence-corrected chi connectivity index (χ2v) is 6.48. The summed E-state index contributed by atoms with van der Waals surface area (Å²) in [5, 5.41) is 12.0. The van der Waals surface area contributed by atoms with Gasteiger partial charge in [0.1, 0.15) is 5.82 Å². The van der Waals surface area contributed by atoms with Crippen LogP contribution in [0, 0.1) is 5.92 Å². The van der Waals surface area contributed by atoms with Crippen molar-refractivity contribution in [3.05, 3.63) is 11.8 Å². The lowest BCUT2D eigenvalue weighted by atomic mass is 9.89. The van der Waals surface area contributed by atoms with Gasteiger partial charge in [-0.25, -0.2) is 4.68 Å². The molecule has 2 aliphatic rings.